The van der Waals surface area contributed by atoms with Crippen molar-refractivity contribution in [3.8, 4) is 5.88 Å². The summed E-state index contributed by atoms with van der Waals surface area (Å²) < 4.78 is 11.9. The Morgan fingerprint density at radius 3 is 2.71 bits per heavy atom. The molecule has 0 aromatic carbocycles. The zero-order chi connectivity index (χ0) is 14.9. The molecule has 1 saturated heterocycles. The van der Waals surface area contributed by atoms with Crippen LogP contribution in [0, 0.1) is 0 Å². The molecule has 116 valence electrons. The molecule has 1 aliphatic carbocycles. The van der Waals surface area contributed by atoms with Crippen LogP contribution in [0.2, 0.25) is 0 Å². The zero-order valence-electron chi connectivity index (χ0n) is 13.3. The van der Waals surface area contributed by atoms with Gasteiger partial charge in [-0.05, 0) is 33.6 Å². The summed E-state index contributed by atoms with van der Waals surface area (Å²) in [4.78, 5) is 11.2. The lowest BCUT2D eigenvalue weighted by Crippen LogP contribution is -2.59. The van der Waals surface area contributed by atoms with Crippen LogP contribution >= 0.6 is 0 Å². The van der Waals surface area contributed by atoms with E-state index in [2.05, 4.69) is 28.7 Å². The quantitative estimate of drug-likeness (QED) is 0.857. The molecule has 0 amide bonds. The van der Waals surface area contributed by atoms with E-state index in [1.54, 1.807) is 6.20 Å². The van der Waals surface area contributed by atoms with Crippen molar-refractivity contribution in [3.63, 3.8) is 0 Å². The first-order chi connectivity index (χ1) is 10.0. The Kier molecular flexibility index (Phi) is 3.78. The van der Waals surface area contributed by atoms with Crippen molar-refractivity contribution < 1.29 is 9.47 Å². The van der Waals surface area contributed by atoms with Crippen LogP contribution in [0.1, 0.15) is 46.5 Å². The molecule has 2 fully saturated rings. The molecule has 0 unspecified atom stereocenters. The highest BCUT2D eigenvalue weighted by atomic mass is 16.5. The first kappa shape index (κ1) is 14.6. The normalized spacial score (nSPS) is 23.5. The minimum atomic E-state index is -0.161. The summed E-state index contributed by atoms with van der Waals surface area (Å²) in [5, 5.41) is 0. The van der Waals surface area contributed by atoms with Crippen molar-refractivity contribution in [1.29, 1.82) is 0 Å². The van der Waals surface area contributed by atoms with Crippen LogP contribution in [-0.4, -0.2) is 40.9 Å². The maximum Gasteiger partial charge on any atom is 0.234 e. The van der Waals surface area contributed by atoms with Crippen molar-refractivity contribution >= 4 is 5.82 Å². The summed E-state index contributed by atoms with van der Waals surface area (Å²) >= 11 is 0. The molecule has 1 aliphatic heterocycles. The van der Waals surface area contributed by atoms with Gasteiger partial charge >= 0.3 is 0 Å². The van der Waals surface area contributed by atoms with E-state index in [1.807, 2.05) is 13.1 Å². The Hall–Kier alpha value is -1.36. The van der Waals surface area contributed by atoms with Gasteiger partial charge < -0.3 is 14.4 Å². The van der Waals surface area contributed by atoms with Crippen LogP contribution in [0.4, 0.5) is 5.82 Å². The van der Waals surface area contributed by atoms with Crippen LogP contribution in [-0.2, 0) is 4.74 Å². The van der Waals surface area contributed by atoms with Crippen molar-refractivity contribution in [1.82, 2.24) is 9.97 Å². The lowest BCUT2D eigenvalue weighted by Gasteiger charge is -2.49. The molecule has 1 spiro atoms. The van der Waals surface area contributed by atoms with Crippen LogP contribution < -0.4 is 9.64 Å². The third-order valence-corrected chi connectivity index (χ3v) is 4.27. The van der Waals surface area contributed by atoms with Gasteiger partial charge in [-0.1, -0.05) is 12.8 Å². The Morgan fingerprint density at radius 2 is 2.00 bits per heavy atom. The molecular formula is C16H25N3O2. The summed E-state index contributed by atoms with van der Waals surface area (Å²) in [7, 11) is 0. The molecule has 3 rings (SSSR count). The Bertz CT molecular complexity index is 498. The largest absolute Gasteiger partial charge is 0.477 e. The van der Waals surface area contributed by atoms with Gasteiger partial charge in [0.25, 0.3) is 0 Å². The van der Waals surface area contributed by atoms with Gasteiger partial charge in [0.2, 0.25) is 5.88 Å². The third kappa shape index (κ3) is 3.12. The highest BCUT2D eigenvalue weighted by molar-refractivity contribution is 5.40. The van der Waals surface area contributed by atoms with Crippen LogP contribution in [0.3, 0.4) is 0 Å². The summed E-state index contributed by atoms with van der Waals surface area (Å²) in [6.45, 7) is 8.63. The number of morpholine rings is 1. The second kappa shape index (κ2) is 5.44. The average Bonchev–Trinajstić information content (AvgIpc) is 2.85. The molecule has 5 nitrogen and oxygen atoms in total. The molecule has 0 atom stereocenters. The topological polar surface area (TPSA) is 47.5 Å². The molecule has 1 aromatic heterocycles. The Labute approximate surface area is 126 Å². The molecular weight excluding hydrogens is 266 g/mol. The van der Waals surface area contributed by atoms with Gasteiger partial charge in [0.15, 0.2) is 5.82 Å². The predicted octanol–water partition coefficient (Wildman–Crippen LogP) is 2.80. The fraction of sp³-hybridized carbons (Fsp3) is 0.750. The van der Waals surface area contributed by atoms with E-state index in [9.17, 15) is 0 Å². The van der Waals surface area contributed by atoms with Gasteiger partial charge in [-0.3, -0.25) is 4.98 Å². The number of ether oxygens (including phenoxy) is 2. The van der Waals surface area contributed by atoms with Crippen molar-refractivity contribution in [2.45, 2.75) is 57.7 Å². The predicted molar refractivity (Wildman–Crippen MR) is 81.8 cm³/mol. The monoisotopic (exact) mass is 291 g/mol. The lowest BCUT2D eigenvalue weighted by atomic mass is 9.94. The first-order valence-corrected chi connectivity index (χ1v) is 7.92. The van der Waals surface area contributed by atoms with E-state index in [1.165, 1.54) is 12.8 Å². The third-order valence-electron chi connectivity index (χ3n) is 4.27. The van der Waals surface area contributed by atoms with Gasteiger partial charge in [-0.25, -0.2) is 0 Å². The molecule has 21 heavy (non-hydrogen) atoms. The molecule has 0 N–H and O–H groups in total. The highest BCUT2D eigenvalue weighted by Gasteiger charge is 2.46. The molecule has 2 heterocycles. The minimum Gasteiger partial charge on any atom is -0.477 e. The van der Waals surface area contributed by atoms with Crippen molar-refractivity contribution in [2.24, 2.45) is 0 Å². The molecule has 2 aliphatic rings. The molecule has 0 bridgehead atoms. The minimum absolute atomic E-state index is 0.00888. The van der Waals surface area contributed by atoms with E-state index >= 15 is 0 Å². The average molecular weight is 291 g/mol. The number of rotatable bonds is 3. The summed E-state index contributed by atoms with van der Waals surface area (Å²) in [6.07, 6.45) is 8.30. The summed E-state index contributed by atoms with van der Waals surface area (Å²) in [5.74, 6) is 1.49. The smallest absolute Gasteiger partial charge is 0.234 e. The SMILES string of the molecule is CCOc1cncc(N2CC(C)(C)OC3(CCCC3)C2)n1. The number of nitrogens with zero attached hydrogens (tertiary/aromatic N) is 3. The van der Waals surface area contributed by atoms with Gasteiger partial charge in [0.1, 0.15) is 0 Å². The summed E-state index contributed by atoms with van der Waals surface area (Å²) in [6, 6.07) is 0. The number of aromatic nitrogens is 2. The van der Waals surface area contributed by atoms with E-state index in [-0.39, 0.29) is 11.2 Å². The Balaban J connectivity index is 1.85. The highest BCUT2D eigenvalue weighted by Crippen LogP contribution is 2.41. The fourth-order valence-corrected chi connectivity index (χ4v) is 3.66. The maximum atomic E-state index is 6.43. The van der Waals surface area contributed by atoms with Crippen molar-refractivity contribution in [3.05, 3.63) is 12.4 Å². The van der Waals surface area contributed by atoms with E-state index in [0.717, 1.165) is 31.7 Å². The summed E-state index contributed by atoms with van der Waals surface area (Å²) in [5.41, 5.74) is -0.170. The molecule has 1 aromatic rings. The Morgan fingerprint density at radius 1 is 1.24 bits per heavy atom. The number of anilines is 1. The van der Waals surface area contributed by atoms with Crippen molar-refractivity contribution in [2.75, 3.05) is 24.6 Å². The molecule has 0 radical (unpaired) electrons. The van der Waals surface area contributed by atoms with Gasteiger partial charge in [0, 0.05) is 13.1 Å². The van der Waals surface area contributed by atoms with Gasteiger partial charge in [-0.15, -0.1) is 0 Å². The maximum absolute atomic E-state index is 6.43. The molecule has 1 saturated carbocycles. The van der Waals surface area contributed by atoms with Gasteiger partial charge in [-0.2, -0.15) is 4.98 Å². The second-order valence-electron chi connectivity index (χ2n) is 6.76. The van der Waals surface area contributed by atoms with E-state index < -0.39 is 0 Å². The van der Waals surface area contributed by atoms with E-state index in [4.69, 9.17) is 9.47 Å². The van der Waals surface area contributed by atoms with Gasteiger partial charge in [0.05, 0.1) is 30.2 Å². The number of hydrogen-bond donors (Lipinski definition) is 0. The van der Waals surface area contributed by atoms with Crippen LogP contribution in [0.25, 0.3) is 0 Å². The van der Waals surface area contributed by atoms with E-state index in [0.29, 0.717) is 12.5 Å². The standard InChI is InChI=1S/C16H25N3O2/c1-4-20-14-10-17-9-13(18-14)19-11-15(2,3)21-16(12-19)7-5-6-8-16/h9-10H,4-8,11-12H2,1-3H3. The van der Waals surface area contributed by atoms with Crippen LogP contribution in [0.5, 0.6) is 5.88 Å². The number of hydrogen-bond acceptors (Lipinski definition) is 5. The first-order valence-electron chi connectivity index (χ1n) is 7.92. The van der Waals surface area contributed by atoms with Crippen LogP contribution in [0.15, 0.2) is 12.4 Å². The lowest BCUT2D eigenvalue weighted by molar-refractivity contribution is -0.148. The second-order valence-corrected chi connectivity index (χ2v) is 6.76. The zero-order valence-corrected chi connectivity index (χ0v) is 13.3. The fourth-order valence-electron chi connectivity index (χ4n) is 3.66. The molecule has 5 heteroatoms.